The Morgan fingerprint density at radius 2 is 2.21 bits per heavy atom. The zero-order valence-electron chi connectivity index (χ0n) is 14.5. The van der Waals surface area contributed by atoms with Gasteiger partial charge in [0.15, 0.2) is 5.96 Å². The first kappa shape index (κ1) is 21.7. The zero-order chi connectivity index (χ0) is 16.2. The second kappa shape index (κ2) is 13.9. The van der Waals surface area contributed by atoms with Gasteiger partial charge in [-0.2, -0.15) is 0 Å². The number of ether oxygens (including phenoxy) is 2. The van der Waals surface area contributed by atoms with E-state index in [2.05, 4.69) is 40.1 Å². The number of nitrogens with one attached hydrogen (secondary N) is 2. The van der Waals surface area contributed by atoms with Crippen molar-refractivity contribution in [3.63, 3.8) is 0 Å². The Morgan fingerprint density at radius 3 is 2.92 bits per heavy atom. The van der Waals surface area contributed by atoms with Crippen molar-refractivity contribution >= 4 is 41.3 Å². The van der Waals surface area contributed by atoms with Crippen molar-refractivity contribution in [2.24, 2.45) is 10.9 Å². The molecule has 0 unspecified atom stereocenters. The third-order valence-electron chi connectivity index (χ3n) is 3.77. The van der Waals surface area contributed by atoms with E-state index in [4.69, 9.17) is 9.47 Å². The van der Waals surface area contributed by atoms with Gasteiger partial charge in [0, 0.05) is 44.4 Å². The molecule has 1 aromatic heterocycles. The molecule has 0 amide bonds. The third-order valence-corrected chi connectivity index (χ3v) is 4.63. The topological polar surface area (TPSA) is 54.9 Å². The largest absolute Gasteiger partial charge is 0.381 e. The second-order valence-corrected chi connectivity index (χ2v) is 6.72. The standard InChI is InChI=1S/C17H29N3O2S.HI/c1-2-18-17(20-13-16-5-3-12-23-16)19-8-4-9-22-14-15-6-10-21-11-7-15;/h3,5,12,15H,2,4,6-11,13-14H2,1H3,(H2,18,19,20);1H. The van der Waals surface area contributed by atoms with Gasteiger partial charge in [-0.3, -0.25) is 0 Å². The molecule has 5 nitrogen and oxygen atoms in total. The highest BCUT2D eigenvalue weighted by Crippen LogP contribution is 2.14. The molecule has 0 atom stereocenters. The van der Waals surface area contributed by atoms with E-state index in [-0.39, 0.29) is 24.0 Å². The average Bonchev–Trinajstić information content (AvgIpc) is 3.10. The van der Waals surface area contributed by atoms with Crippen molar-refractivity contribution in [3.05, 3.63) is 22.4 Å². The van der Waals surface area contributed by atoms with Crippen LogP contribution in [0.4, 0.5) is 0 Å². The minimum atomic E-state index is 0. The van der Waals surface area contributed by atoms with Crippen molar-refractivity contribution in [2.45, 2.75) is 32.7 Å². The van der Waals surface area contributed by atoms with Crippen LogP contribution in [0.25, 0.3) is 0 Å². The van der Waals surface area contributed by atoms with Gasteiger partial charge in [-0.15, -0.1) is 35.3 Å². The normalized spacial score (nSPS) is 15.8. The highest BCUT2D eigenvalue weighted by Gasteiger charge is 2.13. The van der Waals surface area contributed by atoms with E-state index in [0.717, 1.165) is 71.3 Å². The van der Waals surface area contributed by atoms with Crippen LogP contribution in [0.5, 0.6) is 0 Å². The lowest BCUT2D eigenvalue weighted by Crippen LogP contribution is -2.38. The third kappa shape index (κ3) is 9.19. The molecule has 1 fully saturated rings. The molecule has 2 rings (SSSR count). The molecule has 138 valence electrons. The van der Waals surface area contributed by atoms with Gasteiger partial charge < -0.3 is 20.1 Å². The van der Waals surface area contributed by atoms with Crippen molar-refractivity contribution in [1.29, 1.82) is 0 Å². The van der Waals surface area contributed by atoms with Crippen LogP contribution in [0.1, 0.15) is 31.1 Å². The highest BCUT2D eigenvalue weighted by molar-refractivity contribution is 14.0. The Balaban J connectivity index is 0.00000288. The maximum absolute atomic E-state index is 5.78. The number of aliphatic imine (C=N–C) groups is 1. The van der Waals surface area contributed by atoms with Gasteiger partial charge in [-0.25, -0.2) is 4.99 Å². The Morgan fingerprint density at radius 1 is 1.38 bits per heavy atom. The highest BCUT2D eigenvalue weighted by atomic mass is 127. The molecule has 0 spiro atoms. The molecule has 0 aliphatic carbocycles. The number of nitrogens with zero attached hydrogens (tertiary/aromatic N) is 1. The number of rotatable bonds is 9. The van der Waals surface area contributed by atoms with Crippen molar-refractivity contribution in [3.8, 4) is 0 Å². The zero-order valence-corrected chi connectivity index (χ0v) is 17.6. The second-order valence-electron chi connectivity index (χ2n) is 5.69. The van der Waals surface area contributed by atoms with Crippen molar-refractivity contribution < 1.29 is 9.47 Å². The van der Waals surface area contributed by atoms with Crippen LogP contribution in [-0.4, -0.2) is 45.5 Å². The summed E-state index contributed by atoms with van der Waals surface area (Å²) in [6.07, 6.45) is 3.27. The summed E-state index contributed by atoms with van der Waals surface area (Å²) in [5.74, 6) is 1.56. The van der Waals surface area contributed by atoms with Gasteiger partial charge in [0.1, 0.15) is 0 Å². The molecule has 1 saturated heterocycles. The predicted octanol–water partition coefficient (Wildman–Crippen LogP) is 3.25. The van der Waals surface area contributed by atoms with Gasteiger partial charge >= 0.3 is 0 Å². The van der Waals surface area contributed by atoms with Crippen LogP contribution >= 0.6 is 35.3 Å². The van der Waals surface area contributed by atoms with E-state index in [9.17, 15) is 0 Å². The summed E-state index contributed by atoms with van der Waals surface area (Å²) < 4.78 is 11.1. The van der Waals surface area contributed by atoms with E-state index in [1.165, 1.54) is 4.88 Å². The van der Waals surface area contributed by atoms with E-state index >= 15 is 0 Å². The molecule has 0 radical (unpaired) electrons. The van der Waals surface area contributed by atoms with E-state index in [1.807, 2.05) is 0 Å². The number of thiophene rings is 1. The number of halogens is 1. The summed E-state index contributed by atoms with van der Waals surface area (Å²) in [6, 6.07) is 4.17. The van der Waals surface area contributed by atoms with Gasteiger partial charge in [0.25, 0.3) is 0 Å². The summed E-state index contributed by atoms with van der Waals surface area (Å²) in [4.78, 5) is 5.88. The van der Waals surface area contributed by atoms with E-state index in [0.29, 0.717) is 5.92 Å². The minimum Gasteiger partial charge on any atom is -0.381 e. The number of hydrogen-bond donors (Lipinski definition) is 2. The van der Waals surface area contributed by atoms with Gasteiger partial charge in [0.05, 0.1) is 6.54 Å². The lowest BCUT2D eigenvalue weighted by Gasteiger charge is -2.21. The fourth-order valence-electron chi connectivity index (χ4n) is 2.45. The summed E-state index contributed by atoms with van der Waals surface area (Å²) in [5, 5.41) is 8.73. The maximum Gasteiger partial charge on any atom is 0.191 e. The van der Waals surface area contributed by atoms with Crippen molar-refractivity contribution in [2.75, 3.05) is 39.5 Å². The monoisotopic (exact) mass is 467 g/mol. The molecule has 1 aliphatic rings. The number of guanidine groups is 1. The Hall–Kier alpha value is -0.380. The molecule has 1 aliphatic heterocycles. The molecular weight excluding hydrogens is 437 g/mol. The molecule has 24 heavy (non-hydrogen) atoms. The summed E-state index contributed by atoms with van der Waals surface area (Å²) in [7, 11) is 0. The Kier molecular flexibility index (Phi) is 12.5. The molecule has 0 bridgehead atoms. The van der Waals surface area contributed by atoms with Gasteiger partial charge in [-0.1, -0.05) is 6.07 Å². The quantitative estimate of drug-likeness (QED) is 0.254. The lowest BCUT2D eigenvalue weighted by atomic mass is 10.0. The smallest absolute Gasteiger partial charge is 0.191 e. The Bertz CT molecular complexity index is 437. The van der Waals surface area contributed by atoms with Crippen molar-refractivity contribution in [1.82, 2.24) is 10.6 Å². The van der Waals surface area contributed by atoms with Crippen LogP contribution in [0.3, 0.4) is 0 Å². The average molecular weight is 467 g/mol. The van der Waals surface area contributed by atoms with Crippen LogP contribution in [0.15, 0.2) is 22.5 Å². The van der Waals surface area contributed by atoms with Crippen LogP contribution in [0, 0.1) is 5.92 Å². The summed E-state index contributed by atoms with van der Waals surface area (Å²) in [6.45, 7) is 8.02. The van der Waals surface area contributed by atoms with Crippen LogP contribution in [-0.2, 0) is 16.0 Å². The fourth-order valence-corrected chi connectivity index (χ4v) is 3.07. The first-order valence-electron chi connectivity index (χ1n) is 8.58. The van der Waals surface area contributed by atoms with Crippen LogP contribution in [0.2, 0.25) is 0 Å². The minimum absolute atomic E-state index is 0. The fraction of sp³-hybridized carbons (Fsp3) is 0.706. The molecule has 0 saturated carbocycles. The maximum atomic E-state index is 5.78. The summed E-state index contributed by atoms with van der Waals surface area (Å²) >= 11 is 1.74. The van der Waals surface area contributed by atoms with Gasteiger partial charge in [0.2, 0.25) is 0 Å². The molecule has 2 N–H and O–H groups in total. The first-order valence-corrected chi connectivity index (χ1v) is 9.46. The van der Waals surface area contributed by atoms with E-state index < -0.39 is 0 Å². The summed E-state index contributed by atoms with van der Waals surface area (Å²) in [5.41, 5.74) is 0. The van der Waals surface area contributed by atoms with E-state index in [1.54, 1.807) is 11.3 Å². The molecule has 2 heterocycles. The molecule has 1 aromatic rings. The number of hydrogen-bond acceptors (Lipinski definition) is 4. The molecule has 7 heteroatoms. The molecular formula is C17H30IN3O2S. The predicted molar refractivity (Wildman–Crippen MR) is 112 cm³/mol. The Labute approximate surface area is 166 Å². The SMILES string of the molecule is CCNC(=NCc1cccs1)NCCCOCC1CCOCC1.I. The van der Waals surface area contributed by atoms with Gasteiger partial charge in [-0.05, 0) is 43.6 Å². The first-order chi connectivity index (χ1) is 11.4. The lowest BCUT2D eigenvalue weighted by molar-refractivity contribution is 0.0203. The van der Waals surface area contributed by atoms with Crippen LogP contribution < -0.4 is 10.6 Å². The molecule has 0 aromatic carbocycles.